The third kappa shape index (κ3) is 37.7. The zero-order chi connectivity index (χ0) is 36.6. The number of carbonyl (C=O) groups excluding carboxylic acids is 3. The van der Waals surface area contributed by atoms with E-state index >= 15 is 0 Å². The van der Waals surface area contributed by atoms with Crippen molar-refractivity contribution in [1.29, 1.82) is 0 Å². The van der Waals surface area contributed by atoms with E-state index in [0.717, 1.165) is 57.8 Å². The van der Waals surface area contributed by atoms with Gasteiger partial charge in [0.2, 0.25) is 0 Å². The van der Waals surface area contributed by atoms with Gasteiger partial charge in [-0.3, -0.25) is 14.4 Å². The molecular weight excluding hydrogens is 624 g/mol. The SMILES string of the molecule is CCCCCCCCCCCCCCCC(=O)OC[C@H](COC(=O)CCCCCCCCCCC)OC(=O)CCCCCCCCCCCC. The molecule has 6 nitrogen and oxygen atoms in total. The third-order valence-electron chi connectivity index (χ3n) is 9.86. The first-order valence-corrected chi connectivity index (χ1v) is 22.0. The Balaban J connectivity index is 4.30. The minimum atomic E-state index is -0.756. The van der Waals surface area contributed by atoms with Crippen molar-refractivity contribution in [3.8, 4) is 0 Å². The normalized spacial score (nSPS) is 11.8. The second kappa shape index (κ2) is 40.2. The Morgan fingerprint density at radius 2 is 0.540 bits per heavy atom. The minimum absolute atomic E-state index is 0.0631. The number of rotatable bonds is 40. The van der Waals surface area contributed by atoms with Gasteiger partial charge >= 0.3 is 17.9 Å². The Morgan fingerprint density at radius 1 is 0.320 bits per heavy atom. The molecule has 0 saturated heterocycles. The molecule has 0 bridgehead atoms. The van der Waals surface area contributed by atoms with Gasteiger partial charge in [0.15, 0.2) is 6.10 Å². The average molecular weight is 709 g/mol. The molecule has 0 aromatic rings. The maximum absolute atomic E-state index is 12.6. The van der Waals surface area contributed by atoms with Gasteiger partial charge in [-0.1, -0.05) is 207 Å². The van der Waals surface area contributed by atoms with Gasteiger partial charge in [0.1, 0.15) is 13.2 Å². The van der Waals surface area contributed by atoms with Crippen molar-refractivity contribution in [2.24, 2.45) is 0 Å². The Bertz CT molecular complexity index is 738. The number of unbranched alkanes of at least 4 members (excludes halogenated alkanes) is 29. The number of hydrogen-bond acceptors (Lipinski definition) is 6. The first-order chi connectivity index (χ1) is 24.5. The lowest BCUT2D eigenvalue weighted by Crippen LogP contribution is -2.30. The van der Waals surface area contributed by atoms with Crippen molar-refractivity contribution in [3.05, 3.63) is 0 Å². The molecule has 6 heteroatoms. The largest absolute Gasteiger partial charge is 0.462 e. The van der Waals surface area contributed by atoms with Crippen LogP contribution in [0.15, 0.2) is 0 Å². The van der Waals surface area contributed by atoms with E-state index in [2.05, 4.69) is 20.8 Å². The van der Waals surface area contributed by atoms with Gasteiger partial charge in [0.25, 0.3) is 0 Å². The standard InChI is InChI=1S/C44H84O6/c1-4-7-10-13-16-19-21-22-23-26-28-31-34-37-43(46)49-40-41(39-48-42(45)36-33-30-27-24-18-15-12-9-6-3)50-44(47)38-35-32-29-25-20-17-14-11-8-5-2/h41H,4-40H2,1-3H3/t41-/m0/s1. The van der Waals surface area contributed by atoms with Crippen LogP contribution in [-0.4, -0.2) is 37.2 Å². The third-order valence-corrected chi connectivity index (χ3v) is 9.86. The summed E-state index contributed by atoms with van der Waals surface area (Å²) in [6.07, 6.45) is 39.4. The van der Waals surface area contributed by atoms with Crippen molar-refractivity contribution in [2.75, 3.05) is 13.2 Å². The van der Waals surface area contributed by atoms with Gasteiger partial charge in [-0.25, -0.2) is 0 Å². The van der Waals surface area contributed by atoms with Crippen molar-refractivity contribution in [2.45, 2.75) is 252 Å². The minimum Gasteiger partial charge on any atom is -0.462 e. The van der Waals surface area contributed by atoms with Gasteiger partial charge in [0, 0.05) is 19.3 Å². The molecule has 0 rings (SSSR count). The molecule has 0 aliphatic rings. The summed E-state index contributed by atoms with van der Waals surface area (Å²) in [4.78, 5) is 37.5. The fourth-order valence-electron chi connectivity index (χ4n) is 6.50. The second-order valence-corrected chi connectivity index (χ2v) is 15.0. The molecule has 0 N–H and O–H groups in total. The highest BCUT2D eigenvalue weighted by Crippen LogP contribution is 2.15. The molecule has 0 aromatic carbocycles. The van der Waals surface area contributed by atoms with Gasteiger partial charge in [0.05, 0.1) is 0 Å². The lowest BCUT2D eigenvalue weighted by Gasteiger charge is -2.18. The van der Waals surface area contributed by atoms with Crippen LogP contribution in [0.2, 0.25) is 0 Å². The molecule has 0 fully saturated rings. The lowest BCUT2D eigenvalue weighted by atomic mass is 10.0. The van der Waals surface area contributed by atoms with Crippen LogP contribution in [0.4, 0.5) is 0 Å². The van der Waals surface area contributed by atoms with E-state index in [1.165, 1.54) is 148 Å². The smallest absolute Gasteiger partial charge is 0.306 e. The fourth-order valence-corrected chi connectivity index (χ4v) is 6.50. The molecule has 0 radical (unpaired) electrons. The van der Waals surface area contributed by atoms with Crippen LogP contribution in [0, 0.1) is 0 Å². The Labute approximate surface area is 310 Å². The van der Waals surface area contributed by atoms with Crippen LogP contribution in [0.5, 0.6) is 0 Å². The summed E-state index contributed by atoms with van der Waals surface area (Å²) in [7, 11) is 0. The number of ether oxygens (including phenoxy) is 3. The molecule has 0 heterocycles. The van der Waals surface area contributed by atoms with Crippen LogP contribution >= 0.6 is 0 Å². The summed E-state index contributed by atoms with van der Waals surface area (Å²) in [6.45, 7) is 6.61. The maximum atomic E-state index is 12.6. The predicted octanol–water partition coefficient (Wildman–Crippen LogP) is 13.7. The van der Waals surface area contributed by atoms with Gasteiger partial charge < -0.3 is 14.2 Å². The first kappa shape index (κ1) is 48.4. The number of hydrogen-bond donors (Lipinski definition) is 0. The monoisotopic (exact) mass is 709 g/mol. The summed E-state index contributed by atoms with van der Waals surface area (Å²) in [5, 5.41) is 0. The Morgan fingerprint density at radius 3 is 0.800 bits per heavy atom. The Hall–Kier alpha value is -1.59. The molecule has 0 aliphatic heterocycles. The summed E-state index contributed by atoms with van der Waals surface area (Å²) in [5.41, 5.74) is 0. The van der Waals surface area contributed by atoms with Crippen LogP contribution in [-0.2, 0) is 28.6 Å². The fraction of sp³-hybridized carbons (Fsp3) is 0.932. The number of esters is 3. The van der Waals surface area contributed by atoms with E-state index in [9.17, 15) is 14.4 Å². The molecule has 0 saturated carbocycles. The van der Waals surface area contributed by atoms with Gasteiger partial charge in [-0.2, -0.15) is 0 Å². The van der Waals surface area contributed by atoms with Crippen LogP contribution in [0.1, 0.15) is 245 Å². The van der Waals surface area contributed by atoms with Crippen LogP contribution in [0.3, 0.4) is 0 Å². The van der Waals surface area contributed by atoms with Crippen LogP contribution in [0.25, 0.3) is 0 Å². The highest BCUT2D eigenvalue weighted by molar-refractivity contribution is 5.71. The maximum Gasteiger partial charge on any atom is 0.306 e. The zero-order valence-corrected chi connectivity index (χ0v) is 33.7. The Kier molecular flexibility index (Phi) is 38.9. The molecule has 0 amide bonds. The summed E-state index contributed by atoms with van der Waals surface area (Å²) >= 11 is 0. The molecule has 0 aliphatic carbocycles. The second-order valence-electron chi connectivity index (χ2n) is 15.0. The van der Waals surface area contributed by atoms with Crippen LogP contribution < -0.4 is 0 Å². The molecule has 0 spiro atoms. The van der Waals surface area contributed by atoms with Crippen molar-refractivity contribution in [3.63, 3.8) is 0 Å². The van der Waals surface area contributed by atoms with Crippen molar-refractivity contribution < 1.29 is 28.6 Å². The average Bonchev–Trinajstić information content (AvgIpc) is 3.11. The highest BCUT2D eigenvalue weighted by atomic mass is 16.6. The molecular formula is C44H84O6. The highest BCUT2D eigenvalue weighted by Gasteiger charge is 2.19. The first-order valence-electron chi connectivity index (χ1n) is 22.0. The molecule has 0 unspecified atom stereocenters. The topological polar surface area (TPSA) is 78.9 Å². The number of carbonyl (C=O) groups is 3. The summed E-state index contributed by atoms with van der Waals surface area (Å²) < 4.78 is 16.7. The molecule has 1 atom stereocenters. The van der Waals surface area contributed by atoms with E-state index in [1.54, 1.807) is 0 Å². The van der Waals surface area contributed by atoms with E-state index in [4.69, 9.17) is 14.2 Å². The van der Waals surface area contributed by atoms with E-state index in [0.29, 0.717) is 19.3 Å². The summed E-state index contributed by atoms with van der Waals surface area (Å²) in [6, 6.07) is 0. The quantitative estimate of drug-likeness (QED) is 0.0358. The summed E-state index contributed by atoms with van der Waals surface area (Å²) in [5.74, 6) is -0.857. The van der Waals surface area contributed by atoms with E-state index in [-0.39, 0.29) is 31.1 Å². The molecule has 0 aromatic heterocycles. The van der Waals surface area contributed by atoms with Gasteiger partial charge in [-0.15, -0.1) is 0 Å². The molecule has 50 heavy (non-hydrogen) atoms. The predicted molar refractivity (Wildman–Crippen MR) is 210 cm³/mol. The molecule has 296 valence electrons. The zero-order valence-electron chi connectivity index (χ0n) is 33.7. The van der Waals surface area contributed by atoms with Crippen molar-refractivity contribution in [1.82, 2.24) is 0 Å². The van der Waals surface area contributed by atoms with Crippen molar-refractivity contribution >= 4 is 17.9 Å². The lowest BCUT2D eigenvalue weighted by molar-refractivity contribution is -0.167. The van der Waals surface area contributed by atoms with E-state index < -0.39 is 6.10 Å². The van der Waals surface area contributed by atoms with Gasteiger partial charge in [-0.05, 0) is 19.3 Å². The van der Waals surface area contributed by atoms with E-state index in [1.807, 2.05) is 0 Å².